The van der Waals surface area contributed by atoms with Crippen LogP contribution in [0.2, 0.25) is 0 Å². The maximum Gasteiger partial charge on any atom is 0.0269 e. The summed E-state index contributed by atoms with van der Waals surface area (Å²) < 4.78 is 0. The molecule has 3 heteroatoms. The Morgan fingerprint density at radius 3 is 1.42 bits per heavy atom. The Hall–Kier alpha value is 0.210. The summed E-state index contributed by atoms with van der Waals surface area (Å²) in [6.45, 7) is 1.26. The molecule has 0 unspecified atom stereocenters. The van der Waals surface area contributed by atoms with Gasteiger partial charge in [0.1, 0.15) is 0 Å². The second-order valence-corrected chi connectivity index (χ2v) is 10.6. The molecule has 0 spiro atoms. The molecule has 136 valence electrons. The lowest BCUT2D eigenvalue weighted by Gasteiger charge is -2.56. The molecule has 24 heavy (non-hydrogen) atoms. The third-order valence-electron chi connectivity index (χ3n) is 9.26. The third kappa shape index (κ3) is 2.58. The first-order valence-electron chi connectivity index (χ1n) is 10.8. The molecule has 0 amide bonds. The number of nitrogens with one attached hydrogen (secondary N) is 2. The van der Waals surface area contributed by atoms with Gasteiger partial charge < -0.3 is 0 Å². The zero-order chi connectivity index (χ0) is 15.0. The molecule has 0 aromatic rings. The van der Waals surface area contributed by atoms with Crippen LogP contribution in [0.5, 0.6) is 0 Å². The summed E-state index contributed by atoms with van der Waals surface area (Å²) >= 11 is 0. The van der Waals surface area contributed by atoms with Gasteiger partial charge in [-0.15, -0.1) is 12.4 Å². The average Bonchev–Trinajstić information content (AvgIpc) is 2.51. The standard InChI is InChI=1S/C21H34N2.ClH/c1-12-3-16-5-13(1)6-17(4-12)20(16)11-22-23-21-18-7-14-2-15(9-18)10-19(21)8-14;/h12-23H,1-11H2;1H. The number of hydrazine groups is 1. The Morgan fingerprint density at radius 2 is 0.958 bits per heavy atom. The van der Waals surface area contributed by atoms with Crippen molar-refractivity contribution in [3.05, 3.63) is 0 Å². The van der Waals surface area contributed by atoms with Gasteiger partial charge in [-0.3, -0.25) is 10.9 Å². The second kappa shape index (κ2) is 6.13. The quantitative estimate of drug-likeness (QED) is 0.734. The lowest BCUT2D eigenvalue weighted by Crippen LogP contribution is -2.59. The second-order valence-electron chi connectivity index (χ2n) is 10.6. The Labute approximate surface area is 153 Å². The minimum absolute atomic E-state index is 0. The van der Waals surface area contributed by atoms with Gasteiger partial charge in [-0.05, 0) is 117 Å². The fourth-order valence-corrected chi connectivity index (χ4v) is 8.83. The lowest BCUT2D eigenvalue weighted by atomic mass is 9.52. The van der Waals surface area contributed by atoms with Crippen LogP contribution in [0.15, 0.2) is 0 Å². The van der Waals surface area contributed by atoms with Crippen LogP contribution in [0.25, 0.3) is 0 Å². The Kier molecular flexibility index (Phi) is 4.19. The number of rotatable bonds is 4. The van der Waals surface area contributed by atoms with Crippen LogP contribution in [0.1, 0.15) is 64.2 Å². The molecule has 0 aromatic carbocycles. The van der Waals surface area contributed by atoms with E-state index < -0.39 is 0 Å². The maximum atomic E-state index is 3.87. The fourth-order valence-electron chi connectivity index (χ4n) is 8.83. The first-order chi connectivity index (χ1) is 11.3. The molecular weight excluding hydrogens is 316 g/mol. The first kappa shape index (κ1) is 16.4. The Morgan fingerprint density at radius 1 is 0.542 bits per heavy atom. The fraction of sp³-hybridized carbons (Fsp3) is 1.00. The van der Waals surface area contributed by atoms with Gasteiger partial charge in [0.25, 0.3) is 0 Å². The Bertz CT molecular complexity index is 380. The molecular formula is C21H35ClN2. The van der Waals surface area contributed by atoms with E-state index in [2.05, 4.69) is 10.9 Å². The summed E-state index contributed by atoms with van der Waals surface area (Å²) in [7, 11) is 0. The molecule has 0 heterocycles. The minimum Gasteiger partial charge on any atom is -0.257 e. The molecule has 0 saturated heterocycles. The highest BCUT2D eigenvalue weighted by atomic mass is 35.5. The van der Waals surface area contributed by atoms with Crippen LogP contribution in [0, 0.1) is 53.3 Å². The van der Waals surface area contributed by atoms with E-state index in [1.807, 2.05) is 0 Å². The monoisotopic (exact) mass is 350 g/mol. The summed E-state index contributed by atoms with van der Waals surface area (Å²) in [5.41, 5.74) is 7.67. The average molecular weight is 351 g/mol. The summed E-state index contributed by atoms with van der Waals surface area (Å²) in [5.74, 6) is 9.55. The van der Waals surface area contributed by atoms with Gasteiger partial charge in [-0.1, -0.05) is 0 Å². The molecule has 2 nitrogen and oxygen atoms in total. The number of hydrogen-bond donors (Lipinski definition) is 2. The van der Waals surface area contributed by atoms with Crippen molar-refractivity contribution in [2.24, 2.45) is 53.3 Å². The summed E-state index contributed by atoms with van der Waals surface area (Å²) in [4.78, 5) is 0. The van der Waals surface area contributed by atoms with E-state index in [0.29, 0.717) is 0 Å². The van der Waals surface area contributed by atoms with E-state index in [1.54, 1.807) is 38.5 Å². The van der Waals surface area contributed by atoms with E-state index in [0.717, 1.165) is 59.3 Å². The molecule has 0 aromatic heterocycles. The highest BCUT2D eigenvalue weighted by molar-refractivity contribution is 5.85. The van der Waals surface area contributed by atoms with Crippen molar-refractivity contribution in [3.63, 3.8) is 0 Å². The first-order valence-corrected chi connectivity index (χ1v) is 10.8. The van der Waals surface area contributed by atoms with Crippen molar-refractivity contribution in [2.45, 2.75) is 70.3 Å². The van der Waals surface area contributed by atoms with Crippen LogP contribution in [0.3, 0.4) is 0 Å². The molecule has 8 bridgehead atoms. The molecule has 8 aliphatic carbocycles. The largest absolute Gasteiger partial charge is 0.257 e. The van der Waals surface area contributed by atoms with Gasteiger partial charge in [0.05, 0.1) is 0 Å². The predicted molar refractivity (Wildman–Crippen MR) is 99.8 cm³/mol. The molecule has 0 radical (unpaired) electrons. The maximum absolute atomic E-state index is 3.87. The topological polar surface area (TPSA) is 24.1 Å². The molecule has 0 aliphatic heterocycles. The van der Waals surface area contributed by atoms with Gasteiger partial charge in [0, 0.05) is 12.6 Å². The van der Waals surface area contributed by atoms with Crippen molar-refractivity contribution in [3.8, 4) is 0 Å². The number of hydrogen-bond acceptors (Lipinski definition) is 2. The molecule has 2 N–H and O–H groups in total. The van der Waals surface area contributed by atoms with Gasteiger partial charge in [0.2, 0.25) is 0 Å². The van der Waals surface area contributed by atoms with Crippen molar-refractivity contribution in [1.82, 2.24) is 10.9 Å². The van der Waals surface area contributed by atoms with Crippen LogP contribution < -0.4 is 10.9 Å². The van der Waals surface area contributed by atoms with E-state index in [4.69, 9.17) is 0 Å². The molecule has 8 saturated carbocycles. The SMILES string of the molecule is C1C2CC3CC1CC(C2)C3CNNC1C2CC3CC(C2)CC1C3.Cl. The molecule has 0 atom stereocenters. The van der Waals surface area contributed by atoms with E-state index in [9.17, 15) is 0 Å². The lowest BCUT2D eigenvalue weighted by molar-refractivity contribution is -0.0438. The zero-order valence-corrected chi connectivity index (χ0v) is 15.8. The van der Waals surface area contributed by atoms with Crippen LogP contribution >= 0.6 is 12.4 Å². The molecule has 8 fully saturated rings. The highest BCUT2D eigenvalue weighted by Gasteiger charge is 2.49. The van der Waals surface area contributed by atoms with Crippen LogP contribution in [-0.4, -0.2) is 12.6 Å². The summed E-state index contributed by atoms with van der Waals surface area (Å²) in [6.07, 6.45) is 15.5. The minimum atomic E-state index is 0. The Balaban J connectivity index is 0.00000131. The third-order valence-corrected chi connectivity index (χ3v) is 9.26. The molecule has 8 rings (SSSR count). The summed E-state index contributed by atoms with van der Waals surface area (Å²) in [5, 5.41) is 0. The van der Waals surface area contributed by atoms with Crippen molar-refractivity contribution in [1.29, 1.82) is 0 Å². The van der Waals surface area contributed by atoms with Crippen molar-refractivity contribution >= 4 is 12.4 Å². The van der Waals surface area contributed by atoms with E-state index >= 15 is 0 Å². The highest BCUT2D eigenvalue weighted by Crippen LogP contribution is 2.56. The number of halogens is 1. The van der Waals surface area contributed by atoms with E-state index in [1.165, 1.54) is 32.2 Å². The van der Waals surface area contributed by atoms with Gasteiger partial charge in [0.15, 0.2) is 0 Å². The predicted octanol–water partition coefficient (Wildman–Crippen LogP) is 4.40. The normalized spacial score (nSPS) is 56.5. The van der Waals surface area contributed by atoms with Crippen molar-refractivity contribution < 1.29 is 0 Å². The van der Waals surface area contributed by atoms with Gasteiger partial charge >= 0.3 is 0 Å². The zero-order valence-electron chi connectivity index (χ0n) is 15.0. The van der Waals surface area contributed by atoms with Crippen LogP contribution in [-0.2, 0) is 0 Å². The van der Waals surface area contributed by atoms with Crippen LogP contribution in [0.4, 0.5) is 0 Å². The van der Waals surface area contributed by atoms with Crippen molar-refractivity contribution in [2.75, 3.05) is 6.54 Å². The smallest absolute Gasteiger partial charge is 0.0269 e. The van der Waals surface area contributed by atoms with Gasteiger partial charge in [-0.25, -0.2) is 0 Å². The summed E-state index contributed by atoms with van der Waals surface area (Å²) in [6, 6.07) is 0.805. The molecule has 8 aliphatic rings. The van der Waals surface area contributed by atoms with E-state index in [-0.39, 0.29) is 12.4 Å². The van der Waals surface area contributed by atoms with Gasteiger partial charge in [-0.2, -0.15) is 0 Å².